The largest absolute Gasteiger partial charge is 0.467 e. The van der Waals surface area contributed by atoms with Crippen molar-refractivity contribution in [2.45, 2.75) is 31.8 Å². The van der Waals surface area contributed by atoms with Gasteiger partial charge in [-0.25, -0.2) is 9.18 Å². The number of nitrogens with two attached hydrogens (primary N) is 1. The Hall–Kier alpha value is -2.08. The first-order valence-corrected chi connectivity index (χ1v) is 8.07. The predicted molar refractivity (Wildman–Crippen MR) is 88.6 cm³/mol. The Bertz CT molecular complexity index is 750. The van der Waals surface area contributed by atoms with E-state index >= 15 is 0 Å². The van der Waals surface area contributed by atoms with Gasteiger partial charge in [0.15, 0.2) is 5.82 Å². The molecule has 0 radical (unpaired) electrons. The summed E-state index contributed by atoms with van der Waals surface area (Å²) in [6.07, 6.45) is 2.29. The fraction of sp³-hybridized carbons (Fsp3) is 0.412. The molecule has 5 nitrogen and oxygen atoms in total. The molecule has 2 aliphatic rings. The lowest BCUT2D eigenvalue weighted by molar-refractivity contribution is -0.150. The first-order chi connectivity index (χ1) is 11.3. The lowest BCUT2D eigenvalue weighted by Gasteiger charge is -2.34. The minimum atomic E-state index is -0.626. The van der Waals surface area contributed by atoms with Crippen LogP contribution in [0.4, 0.5) is 10.1 Å². The summed E-state index contributed by atoms with van der Waals surface area (Å²) in [5, 5.41) is -0.0399. The summed E-state index contributed by atoms with van der Waals surface area (Å²) < 4.78 is 19.2. The molecule has 1 fully saturated rings. The van der Waals surface area contributed by atoms with Crippen LogP contribution in [-0.4, -0.2) is 36.0 Å². The van der Waals surface area contributed by atoms with Gasteiger partial charge < -0.3 is 15.4 Å². The van der Waals surface area contributed by atoms with E-state index in [0.717, 1.165) is 0 Å². The SMILES string of the molecule is COC(=O)[C@@H]1C[C@H](C)C2CC(c3c(N)ccc(Cl)c3F)=CC(=O)N21. The van der Waals surface area contributed by atoms with E-state index in [1.165, 1.54) is 25.3 Å². The summed E-state index contributed by atoms with van der Waals surface area (Å²) in [6.45, 7) is 1.97. The molecule has 2 N–H and O–H groups in total. The number of nitrogen functional groups attached to an aromatic ring is 1. The maximum absolute atomic E-state index is 14.4. The van der Waals surface area contributed by atoms with Crippen LogP contribution in [0.25, 0.3) is 5.57 Å². The summed E-state index contributed by atoms with van der Waals surface area (Å²) in [5.41, 5.74) is 6.81. The number of hydrogen-bond donors (Lipinski definition) is 1. The Morgan fingerprint density at radius 2 is 2.17 bits per heavy atom. The number of nitrogens with zero attached hydrogens (tertiary/aromatic N) is 1. The van der Waals surface area contributed by atoms with Crippen molar-refractivity contribution in [1.29, 1.82) is 0 Å². The number of fused-ring (bicyclic) bond motifs is 1. The van der Waals surface area contributed by atoms with Crippen LogP contribution in [0, 0.1) is 11.7 Å². The molecule has 1 aromatic rings. The third kappa shape index (κ3) is 2.55. The minimum Gasteiger partial charge on any atom is -0.467 e. The van der Waals surface area contributed by atoms with Crippen molar-refractivity contribution in [1.82, 2.24) is 4.90 Å². The van der Waals surface area contributed by atoms with Gasteiger partial charge in [0.1, 0.15) is 6.04 Å². The Kier molecular flexibility index (Phi) is 4.25. The van der Waals surface area contributed by atoms with Crippen LogP contribution in [0.15, 0.2) is 18.2 Å². The Labute approximate surface area is 144 Å². The molecule has 0 bridgehead atoms. The highest BCUT2D eigenvalue weighted by Gasteiger charge is 2.47. The maximum Gasteiger partial charge on any atom is 0.328 e. The number of carbonyl (C=O) groups excluding carboxylic acids is 2. The fourth-order valence-electron chi connectivity index (χ4n) is 3.66. The summed E-state index contributed by atoms with van der Waals surface area (Å²) in [5.74, 6) is -1.30. The number of methoxy groups -OCH3 is 1. The first-order valence-electron chi connectivity index (χ1n) is 7.69. The minimum absolute atomic E-state index is 0.0399. The van der Waals surface area contributed by atoms with Crippen LogP contribution in [0.1, 0.15) is 25.3 Å². The van der Waals surface area contributed by atoms with E-state index in [0.29, 0.717) is 18.4 Å². The molecule has 0 aromatic heterocycles. The number of rotatable bonds is 2. The highest BCUT2D eigenvalue weighted by Crippen LogP contribution is 2.42. The van der Waals surface area contributed by atoms with E-state index in [2.05, 4.69) is 0 Å². The molecule has 24 heavy (non-hydrogen) atoms. The molecule has 3 atom stereocenters. The smallest absolute Gasteiger partial charge is 0.328 e. The van der Waals surface area contributed by atoms with E-state index in [9.17, 15) is 14.0 Å². The summed E-state index contributed by atoms with van der Waals surface area (Å²) in [4.78, 5) is 26.1. The molecular formula is C17H18ClFN2O3. The molecule has 1 saturated heterocycles. The van der Waals surface area contributed by atoms with Crippen LogP contribution in [-0.2, 0) is 14.3 Å². The predicted octanol–water partition coefficient (Wildman–Crippen LogP) is 2.63. The highest BCUT2D eigenvalue weighted by molar-refractivity contribution is 6.31. The van der Waals surface area contributed by atoms with E-state index in [-0.39, 0.29) is 34.1 Å². The topological polar surface area (TPSA) is 72.6 Å². The van der Waals surface area contributed by atoms with Crippen molar-refractivity contribution < 1.29 is 18.7 Å². The number of hydrogen-bond acceptors (Lipinski definition) is 4. The van der Waals surface area contributed by atoms with Gasteiger partial charge in [-0.2, -0.15) is 0 Å². The van der Waals surface area contributed by atoms with Crippen LogP contribution >= 0.6 is 11.6 Å². The standard InChI is InChI=1S/C17H18ClFN2O3/c1-8-5-13(17(23)24-2)21-12(8)6-9(7-14(21)22)15-11(20)4-3-10(18)16(15)19/h3-4,7-8,12-13H,5-6,20H2,1-2H3/t8-,12?,13-/m0/s1. The van der Waals surface area contributed by atoms with E-state index in [1.54, 1.807) is 4.90 Å². The van der Waals surface area contributed by atoms with Gasteiger partial charge in [0.05, 0.1) is 12.1 Å². The second-order valence-corrected chi connectivity index (χ2v) is 6.67. The van der Waals surface area contributed by atoms with Crippen LogP contribution in [0.3, 0.4) is 0 Å². The second kappa shape index (κ2) is 6.09. The van der Waals surface area contributed by atoms with Crippen molar-refractivity contribution in [2.24, 2.45) is 5.92 Å². The van der Waals surface area contributed by atoms with Crippen LogP contribution < -0.4 is 5.73 Å². The van der Waals surface area contributed by atoms with Gasteiger partial charge in [-0.15, -0.1) is 0 Å². The molecule has 7 heteroatoms. The number of anilines is 1. The van der Waals surface area contributed by atoms with Gasteiger partial charge in [0.2, 0.25) is 5.91 Å². The molecule has 1 amide bonds. The third-order valence-corrected chi connectivity index (χ3v) is 5.14. The Balaban J connectivity index is 2.02. The first kappa shape index (κ1) is 16.8. The average molecular weight is 353 g/mol. The number of esters is 1. The average Bonchev–Trinajstić information content (AvgIpc) is 2.88. The number of benzene rings is 1. The molecule has 1 unspecified atom stereocenters. The molecular weight excluding hydrogens is 335 g/mol. The number of halogens is 2. The quantitative estimate of drug-likeness (QED) is 0.656. The summed E-state index contributed by atoms with van der Waals surface area (Å²) in [7, 11) is 1.30. The van der Waals surface area contributed by atoms with Crippen LogP contribution in [0.2, 0.25) is 5.02 Å². The van der Waals surface area contributed by atoms with Gasteiger partial charge >= 0.3 is 5.97 Å². The van der Waals surface area contributed by atoms with Gasteiger partial charge in [0.25, 0.3) is 0 Å². The van der Waals surface area contributed by atoms with Crippen molar-refractivity contribution in [3.05, 3.63) is 34.6 Å². The van der Waals surface area contributed by atoms with E-state index in [1.807, 2.05) is 6.92 Å². The van der Waals surface area contributed by atoms with E-state index in [4.69, 9.17) is 22.1 Å². The van der Waals surface area contributed by atoms with Crippen molar-refractivity contribution >= 4 is 34.7 Å². The molecule has 2 aliphatic heterocycles. The van der Waals surface area contributed by atoms with Gasteiger partial charge in [-0.3, -0.25) is 4.79 Å². The lowest BCUT2D eigenvalue weighted by Crippen LogP contribution is -2.47. The zero-order valence-electron chi connectivity index (χ0n) is 13.4. The summed E-state index contributed by atoms with van der Waals surface area (Å²) in [6, 6.07) is 2.12. The second-order valence-electron chi connectivity index (χ2n) is 6.26. The normalized spacial score (nSPS) is 26.2. The summed E-state index contributed by atoms with van der Waals surface area (Å²) >= 11 is 5.85. The Morgan fingerprint density at radius 3 is 2.83 bits per heavy atom. The van der Waals surface area contributed by atoms with Crippen molar-refractivity contribution in [3.8, 4) is 0 Å². The highest BCUT2D eigenvalue weighted by atomic mass is 35.5. The molecule has 128 valence electrons. The zero-order chi connectivity index (χ0) is 17.6. The molecule has 1 aromatic carbocycles. The molecule has 0 spiro atoms. The van der Waals surface area contributed by atoms with Gasteiger partial charge in [-0.05, 0) is 36.5 Å². The van der Waals surface area contributed by atoms with Crippen molar-refractivity contribution in [3.63, 3.8) is 0 Å². The number of amides is 1. The van der Waals surface area contributed by atoms with Gasteiger partial charge in [-0.1, -0.05) is 18.5 Å². The number of ether oxygens (including phenoxy) is 1. The maximum atomic E-state index is 14.4. The zero-order valence-corrected chi connectivity index (χ0v) is 14.1. The monoisotopic (exact) mass is 352 g/mol. The molecule has 0 saturated carbocycles. The third-order valence-electron chi connectivity index (χ3n) is 4.85. The fourth-order valence-corrected chi connectivity index (χ4v) is 3.82. The van der Waals surface area contributed by atoms with E-state index < -0.39 is 17.8 Å². The molecule has 3 rings (SSSR count). The molecule has 0 aliphatic carbocycles. The number of carbonyl (C=O) groups is 2. The lowest BCUT2D eigenvalue weighted by atomic mass is 9.88. The van der Waals surface area contributed by atoms with Crippen molar-refractivity contribution in [2.75, 3.05) is 12.8 Å². The Morgan fingerprint density at radius 1 is 1.46 bits per heavy atom. The van der Waals surface area contributed by atoms with Crippen LogP contribution in [0.5, 0.6) is 0 Å². The molecule has 2 heterocycles. The van der Waals surface area contributed by atoms with Gasteiger partial charge in [0, 0.05) is 23.4 Å².